The summed E-state index contributed by atoms with van der Waals surface area (Å²) in [6, 6.07) is 16.3. The zero-order chi connectivity index (χ0) is 16.2. The maximum atomic E-state index is 10.9. The standard InChI is InChI=1S/C18H15N3O2/c1-12-3-2-4-14(11-12)17-19-10-9-16(21-17)20-15-7-5-13(6-8-15)18(22)23/h2-11H,1H3,(H,22,23)(H,19,20,21). The fraction of sp³-hybridized carbons (Fsp3) is 0.0556. The second-order valence-electron chi connectivity index (χ2n) is 5.14. The average Bonchev–Trinajstić information content (AvgIpc) is 2.56. The third-order valence-corrected chi connectivity index (χ3v) is 3.34. The number of benzene rings is 2. The SMILES string of the molecule is Cc1cccc(-c2nccc(Nc3ccc(C(=O)O)cc3)n2)c1. The van der Waals surface area contributed by atoms with Crippen LogP contribution in [-0.4, -0.2) is 21.0 Å². The highest BCUT2D eigenvalue weighted by Gasteiger charge is 2.05. The van der Waals surface area contributed by atoms with Gasteiger partial charge in [0.05, 0.1) is 5.56 Å². The number of aromatic nitrogens is 2. The fourth-order valence-corrected chi connectivity index (χ4v) is 2.20. The van der Waals surface area contributed by atoms with Crippen LogP contribution in [0.1, 0.15) is 15.9 Å². The van der Waals surface area contributed by atoms with Crippen molar-refractivity contribution in [3.8, 4) is 11.4 Å². The zero-order valence-corrected chi connectivity index (χ0v) is 12.5. The van der Waals surface area contributed by atoms with Gasteiger partial charge < -0.3 is 10.4 Å². The number of aryl methyl sites for hydroxylation is 1. The third-order valence-electron chi connectivity index (χ3n) is 3.34. The molecule has 0 unspecified atom stereocenters. The lowest BCUT2D eigenvalue weighted by atomic mass is 10.1. The van der Waals surface area contributed by atoms with E-state index in [9.17, 15) is 4.79 Å². The molecule has 0 radical (unpaired) electrons. The number of carboxylic acid groups (broad SMARTS) is 1. The van der Waals surface area contributed by atoms with Crippen LogP contribution in [-0.2, 0) is 0 Å². The summed E-state index contributed by atoms with van der Waals surface area (Å²) < 4.78 is 0. The van der Waals surface area contributed by atoms with Crippen molar-refractivity contribution in [2.75, 3.05) is 5.32 Å². The Morgan fingerprint density at radius 1 is 1.09 bits per heavy atom. The van der Waals surface area contributed by atoms with Crippen LogP contribution >= 0.6 is 0 Å². The lowest BCUT2D eigenvalue weighted by Gasteiger charge is -2.08. The van der Waals surface area contributed by atoms with E-state index < -0.39 is 5.97 Å². The van der Waals surface area contributed by atoms with Crippen LogP contribution in [0.15, 0.2) is 60.8 Å². The van der Waals surface area contributed by atoms with E-state index in [0.717, 1.165) is 16.8 Å². The van der Waals surface area contributed by atoms with Crippen molar-refractivity contribution in [2.45, 2.75) is 6.92 Å². The number of carboxylic acids is 1. The first kappa shape index (κ1) is 14.7. The summed E-state index contributed by atoms with van der Waals surface area (Å²) in [6.45, 7) is 2.02. The molecular formula is C18H15N3O2. The molecule has 1 aromatic heterocycles. The lowest BCUT2D eigenvalue weighted by Crippen LogP contribution is -1.99. The molecule has 5 nitrogen and oxygen atoms in total. The molecule has 3 aromatic rings. The van der Waals surface area contributed by atoms with E-state index in [4.69, 9.17) is 5.11 Å². The molecule has 0 bridgehead atoms. The minimum absolute atomic E-state index is 0.249. The fourth-order valence-electron chi connectivity index (χ4n) is 2.20. The molecule has 0 fully saturated rings. The van der Waals surface area contributed by atoms with Crippen molar-refractivity contribution in [3.63, 3.8) is 0 Å². The Morgan fingerprint density at radius 2 is 1.87 bits per heavy atom. The van der Waals surface area contributed by atoms with E-state index >= 15 is 0 Å². The van der Waals surface area contributed by atoms with Gasteiger partial charge in [-0.25, -0.2) is 14.8 Å². The Kier molecular flexibility index (Phi) is 4.01. The van der Waals surface area contributed by atoms with Gasteiger partial charge in [0.25, 0.3) is 0 Å². The summed E-state index contributed by atoms with van der Waals surface area (Å²) in [5.74, 6) is 0.348. The van der Waals surface area contributed by atoms with E-state index in [1.165, 1.54) is 0 Å². The van der Waals surface area contributed by atoms with Crippen LogP contribution in [0.25, 0.3) is 11.4 Å². The Hall–Kier alpha value is -3.21. The summed E-state index contributed by atoms with van der Waals surface area (Å²) in [5, 5.41) is 12.1. The maximum Gasteiger partial charge on any atom is 0.335 e. The molecule has 0 amide bonds. The lowest BCUT2D eigenvalue weighted by molar-refractivity contribution is 0.0697. The summed E-state index contributed by atoms with van der Waals surface area (Å²) in [4.78, 5) is 19.7. The average molecular weight is 305 g/mol. The smallest absolute Gasteiger partial charge is 0.335 e. The Morgan fingerprint density at radius 3 is 2.57 bits per heavy atom. The van der Waals surface area contributed by atoms with Crippen molar-refractivity contribution in [2.24, 2.45) is 0 Å². The van der Waals surface area contributed by atoms with Crippen molar-refractivity contribution >= 4 is 17.5 Å². The first-order valence-corrected chi connectivity index (χ1v) is 7.12. The van der Waals surface area contributed by atoms with Crippen LogP contribution in [0.5, 0.6) is 0 Å². The van der Waals surface area contributed by atoms with E-state index in [-0.39, 0.29) is 5.56 Å². The monoisotopic (exact) mass is 305 g/mol. The highest BCUT2D eigenvalue weighted by molar-refractivity contribution is 5.88. The van der Waals surface area contributed by atoms with E-state index in [2.05, 4.69) is 15.3 Å². The van der Waals surface area contributed by atoms with Crippen LogP contribution in [0, 0.1) is 6.92 Å². The minimum Gasteiger partial charge on any atom is -0.478 e. The number of nitrogens with zero attached hydrogens (tertiary/aromatic N) is 2. The molecule has 2 aromatic carbocycles. The van der Waals surface area contributed by atoms with Gasteiger partial charge in [0.15, 0.2) is 5.82 Å². The molecule has 0 spiro atoms. The Bertz CT molecular complexity index is 845. The summed E-state index contributed by atoms with van der Waals surface area (Å²) >= 11 is 0. The van der Waals surface area contributed by atoms with Crippen LogP contribution < -0.4 is 5.32 Å². The van der Waals surface area contributed by atoms with Gasteiger partial charge in [-0.2, -0.15) is 0 Å². The molecule has 23 heavy (non-hydrogen) atoms. The number of anilines is 2. The van der Waals surface area contributed by atoms with Gasteiger partial charge in [0, 0.05) is 17.4 Å². The van der Waals surface area contributed by atoms with Gasteiger partial charge in [0.1, 0.15) is 5.82 Å². The maximum absolute atomic E-state index is 10.9. The molecule has 0 atom stereocenters. The Balaban J connectivity index is 1.84. The molecule has 5 heteroatoms. The predicted molar refractivity (Wildman–Crippen MR) is 88.9 cm³/mol. The van der Waals surface area contributed by atoms with Crippen molar-refractivity contribution in [1.29, 1.82) is 0 Å². The first-order valence-electron chi connectivity index (χ1n) is 7.12. The molecule has 0 saturated carbocycles. The second-order valence-corrected chi connectivity index (χ2v) is 5.14. The van der Waals surface area contributed by atoms with E-state index in [0.29, 0.717) is 11.6 Å². The molecule has 114 valence electrons. The van der Waals surface area contributed by atoms with Crippen LogP contribution in [0.4, 0.5) is 11.5 Å². The minimum atomic E-state index is -0.944. The van der Waals surface area contributed by atoms with E-state index in [1.54, 1.807) is 36.5 Å². The molecular weight excluding hydrogens is 290 g/mol. The number of nitrogens with one attached hydrogen (secondary N) is 1. The van der Waals surface area contributed by atoms with Gasteiger partial charge in [-0.3, -0.25) is 0 Å². The number of aromatic carboxylic acids is 1. The molecule has 0 aliphatic rings. The van der Waals surface area contributed by atoms with Crippen molar-refractivity contribution in [3.05, 3.63) is 71.9 Å². The van der Waals surface area contributed by atoms with Crippen LogP contribution in [0.3, 0.4) is 0 Å². The van der Waals surface area contributed by atoms with E-state index in [1.807, 2.05) is 31.2 Å². The van der Waals surface area contributed by atoms with Gasteiger partial charge in [-0.15, -0.1) is 0 Å². The van der Waals surface area contributed by atoms with Gasteiger partial charge in [0.2, 0.25) is 0 Å². The number of hydrogen-bond acceptors (Lipinski definition) is 4. The summed E-state index contributed by atoms with van der Waals surface area (Å²) in [5.41, 5.74) is 3.12. The summed E-state index contributed by atoms with van der Waals surface area (Å²) in [6.07, 6.45) is 1.69. The zero-order valence-electron chi connectivity index (χ0n) is 12.5. The largest absolute Gasteiger partial charge is 0.478 e. The number of rotatable bonds is 4. The second kappa shape index (κ2) is 6.27. The highest BCUT2D eigenvalue weighted by Crippen LogP contribution is 2.20. The third kappa shape index (κ3) is 3.52. The molecule has 3 rings (SSSR count). The number of carbonyl (C=O) groups is 1. The first-order chi connectivity index (χ1) is 11.1. The quantitative estimate of drug-likeness (QED) is 0.764. The molecule has 2 N–H and O–H groups in total. The Labute approximate surface area is 133 Å². The van der Waals surface area contributed by atoms with Gasteiger partial charge >= 0.3 is 5.97 Å². The molecule has 1 heterocycles. The molecule has 0 aliphatic heterocycles. The molecule has 0 saturated heterocycles. The van der Waals surface area contributed by atoms with Crippen LogP contribution in [0.2, 0.25) is 0 Å². The van der Waals surface area contributed by atoms with Gasteiger partial charge in [-0.05, 0) is 43.3 Å². The van der Waals surface area contributed by atoms with Crippen molar-refractivity contribution < 1.29 is 9.90 Å². The topological polar surface area (TPSA) is 75.1 Å². The van der Waals surface area contributed by atoms with Gasteiger partial charge in [-0.1, -0.05) is 23.8 Å². The molecule has 0 aliphatic carbocycles. The highest BCUT2D eigenvalue weighted by atomic mass is 16.4. The normalized spacial score (nSPS) is 10.3. The van der Waals surface area contributed by atoms with Crippen molar-refractivity contribution in [1.82, 2.24) is 9.97 Å². The predicted octanol–water partition coefficient (Wildman–Crippen LogP) is 3.89. The summed E-state index contributed by atoms with van der Waals surface area (Å²) in [7, 11) is 0. The number of hydrogen-bond donors (Lipinski definition) is 2.